The van der Waals surface area contributed by atoms with Crippen LogP contribution in [-0.2, 0) is 14.8 Å². The van der Waals surface area contributed by atoms with Crippen molar-refractivity contribution in [3.05, 3.63) is 71.8 Å². The molecular formula is C22H15NO5S2. The Kier molecular flexibility index (Phi) is 4.23. The van der Waals surface area contributed by atoms with Crippen LogP contribution < -0.4 is 0 Å². The third kappa shape index (κ3) is 2.54. The van der Waals surface area contributed by atoms with E-state index in [0.717, 1.165) is 0 Å². The van der Waals surface area contributed by atoms with Crippen LogP contribution in [0.1, 0.15) is 27.6 Å². The minimum atomic E-state index is -3.96. The topological polar surface area (TPSA) is 82.4 Å². The summed E-state index contributed by atoms with van der Waals surface area (Å²) >= 11 is 1.39. The molecule has 1 aromatic heterocycles. The van der Waals surface area contributed by atoms with Crippen LogP contribution >= 0.6 is 11.8 Å². The van der Waals surface area contributed by atoms with Crippen molar-refractivity contribution in [2.24, 2.45) is 0 Å². The first kappa shape index (κ1) is 18.9. The van der Waals surface area contributed by atoms with Gasteiger partial charge in [0.2, 0.25) is 0 Å². The van der Waals surface area contributed by atoms with Gasteiger partial charge in [0.25, 0.3) is 10.0 Å². The molecule has 3 aromatic carbocycles. The second-order valence-electron chi connectivity index (χ2n) is 6.73. The van der Waals surface area contributed by atoms with E-state index >= 15 is 0 Å². The number of hydrogen-bond donors (Lipinski definition) is 0. The van der Waals surface area contributed by atoms with E-state index in [0.29, 0.717) is 32.5 Å². The minimum Gasteiger partial charge on any atom is -0.386 e. The van der Waals surface area contributed by atoms with E-state index in [1.807, 2.05) is 19.1 Å². The average molecular weight is 437 g/mol. The van der Waals surface area contributed by atoms with Gasteiger partial charge in [0.15, 0.2) is 0 Å². The Hall–Kier alpha value is -3.10. The fraction of sp³-hybridized carbons (Fsp3) is 0.0909. The van der Waals surface area contributed by atoms with Gasteiger partial charge in [0.05, 0.1) is 27.1 Å². The Bertz CT molecular complexity index is 1470. The smallest absolute Gasteiger partial charge is 0.348 e. The highest BCUT2D eigenvalue weighted by atomic mass is 32.2. The number of thioether (sulfide) groups is 1. The van der Waals surface area contributed by atoms with Gasteiger partial charge < -0.3 is 4.74 Å². The minimum absolute atomic E-state index is 0.0933. The van der Waals surface area contributed by atoms with Crippen molar-refractivity contribution in [2.45, 2.75) is 16.7 Å². The van der Waals surface area contributed by atoms with Gasteiger partial charge in [-0.15, -0.1) is 11.8 Å². The van der Waals surface area contributed by atoms with Crippen LogP contribution in [0.2, 0.25) is 0 Å². The zero-order valence-electron chi connectivity index (χ0n) is 15.8. The second kappa shape index (κ2) is 6.72. The van der Waals surface area contributed by atoms with E-state index in [9.17, 15) is 18.0 Å². The number of fused-ring (bicyclic) bond motifs is 4. The Morgan fingerprint density at radius 3 is 2.37 bits per heavy atom. The lowest BCUT2D eigenvalue weighted by Gasteiger charge is -2.11. The van der Waals surface area contributed by atoms with Crippen molar-refractivity contribution >= 4 is 55.5 Å². The normalized spacial score (nSPS) is 13.8. The number of cyclic esters (lactones) is 2. The number of hydrogen-bond acceptors (Lipinski definition) is 6. The summed E-state index contributed by atoms with van der Waals surface area (Å²) in [6.07, 6.45) is 0. The number of benzene rings is 3. The number of para-hydroxylation sites is 1. The Labute approximate surface area is 176 Å². The summed E-state index contributed by atoms with van der Waals surface area (Å²) in [4.78, 5) is 25.4. The average Bonchev–Trinajstić information content (AvgIpc) is 3.23. The molecule has 5 rings (SSSR count). The first-order chi connectivity index (χ1) is 14.4. The fourth-order valence-electron chi connectivity index (χ4n) is 3.86. The molecule has 6 nitrogen and oxygen atoms in total. The molecule has 0 aliphatic carbocycles. The molecule has 0 N–H and O–H groups in total. The van der Waals surface area contributed by atoms with E-state index in [1.54, 1.807) is 30.3 Å². The van der Waals surface area contributed by atoms with Crippen molar-refractivity contribution in [1.82, 2.24) is 3.97 Å². The van der Waals surface area contributed by atoms with Crippen LogP contribution in [0.5, 0.6) is 0 Å². The summed E-state index contributed by atoms with van der Waals surface area (Å²) in [6, 6.07) is 16.7. The van der Waals surface area contributed by atoms with E-state index in [2.05, 4.69) is 0 Å². The number of carbonyl (C=O) groups is 2. The third-order valence-corrected chi connectivity index (χ3v) is 7.78. The van der Waals surface area contributed by atoms with Gasteiger partial charge in [-0.2, -0.15) is 0 Å². The highest BCUT2D eigenvalue weighted by Gasteiger charge is 2.36. The van der Waals surface area contributed by atoms with E-state index in [-0.39, 0.29) is 16.0 Å². The first-order valence-electron chi connectivity index (χ1n) is 9.25. The highest BCUT2D eigenvalue weighted by molar-refractivity contribution is 7.99. The Morgan fingerprint density at radius 2 is 1.63 bits per heavy atom. The Morgan fingerprint density at radius 1 is 0.933 bits per heavy atom. The lowest BCUT2D eigenvalue weighted by Crippen LogP contribution is -2.13. The SMILES string of the molecule is CCSc1c2c(cc3c1c1ccccc1n3S(=O)(=O)c1ccccc1)C(=O)OC2=O. The maximum absolute atomic E-state index is 13.6. The summed E-state index contributed by atoms with van der Waals surface area (Å²) in [5.74, 6) is -0.822. The third-order valence-electron chi connectivity index (χ3n) is 5.05. The number of ether oxygens (including phenoxy) is 1. The van der Waals surface area contributed by atoms with Crippen LogP contribution in [-0.4, -0.2) is 30.1 Å². The van der Waals surface area contributed by atoms with Crippen molar-refractivity contribution < 1.29 is 22.7 Å². The molecule has 2 heterocycles. The van der Waals surface area contributed by atoms with Crippen molar-refractivity contribution in [2.75, 3.05) is 5.75 Å². The summed E-state index contributed by atoms with van der Waals surface area (Å²) in [5, 5.41) is 1.32. The monoisotopic (exact) mass is 437 g/mol. The molecule has 4 aromatic rings. The number of carbonyl (C=O) groups excluding carboxylic acids is 2. The van der Waals surface area contributed by atoms with Crippen molar-refractivity contribution in [3.63, 3.8) is 0 Å². The predicted octanol–water partition coefficient (Wildman–Crippen LogP) is 4.45. The number of aromatic nitrogens is 1. The molecule has 8 heteroatoms. The van der Waals surface area contributed by atoms with Gasteiger partial charge in [0.1, 0.15) is 0 Å². The van der Waals surface area contributed by atoms with Crippen LogP contribution in [0, 0.1) is 0 Å². The van der Waals surface area contributed by atoms with Gasteiger partial charge in [-0.25, -0.2) is 22.0 Å². The summed E-state index contributed by atoms with van der Waals surface area (Å²) in [5.41, 5.74) is 1.13. The molecule has 0 unspecified atom stereocenters. The number of rotatable bonds is 4. The van der Waals surface area contributed by atoms with Gasteiger partial charge in [-0.1, -0.05) is 43.3 Å². The summed E-state index contributed by atoms with van der Waals surface area (Å²) in [7, 11) is -3.96. The molecule has 1 aliphatic heterocycles. The van der Waals surface area contributed by atoms with Gasteiger partial charge >= 0.3 is 11.9 Å². The van der Waals surface area contributed by atoms with Crippen LogP contribution in [0.3, 0.4) is 0 Å². The van der Waals surface area contributed by atoms with Gasteiger partial charge in [0, 0.05) is 15.7 Å². The quantitative estimate of drug-likeness (QED) is 0.266. The molecule has 0 radical (unpaired) electrons. The molecule has 0 atom stereocenters. The van der Waals surface area contributed by atoms with Crippen molar-refractivity contribution in [3.8, 4) is 0 Å². The highest BCUT2D eigenvalue weighted by Crippen LogP contribution is 2.43. The molecule has 30 heavy (non-hydrogen) atoms. The molecule has 1 aliphatic rings. The fourth-order valence-corrected chi connectivity index (χ4v) is 6.37. The molecule has 0 spiro atoms. The second-order valence-corrected chi connectivity index (χ2v) is 9.79. The molecule has 150 valence electrons. The van der Waals surface area contributed by atoms with E-state index in [1.165, 1.54) is 33.9 Å². The standard InChI is InChI=1S/C22H15NO5S2/c1-2-29-20-18-14-10-6-7-11-16(14)23(30(26,27)13-8-4-3-5-9-13)17(18)12-15-19(20)22(25)28-21(15)24/h3-12H,2H2,1H3. The van der Waals surface area contributed by atoms with Gasteiger partial charge in [-0.05, 0) is 30.0 Å². The number of nitrogens with zero attached hydrogens (tertiary/aromatic N) is 1. The van der Waals surface area contributed by atoms with E-state index in [4.69, 9.17) is 4.74 Å². The summed E-state index contributed by atoms with van der Waals surface area (Å²) < 4.78 is 33.3. The molecule has 0 bridgehead atoms. The van der Waals surface area contributed by atoms with E-state index < -0.39 is 22.0 Å². The van der Waals surface area contributed by atoms with Gasteiger partial charge in [-0.3, -0.25) is 0 Å². The largest absolute Gasteiger partial charge is 0.386 e. The maximum atomic E-state index is 13.6. The zero-order valence-corrected chi connectivity index (χ0v) is 17.4. The van der Waals surface area contributed by atoms with Crippen LogP contribution in [0.4, 0.5) is 0 Å². The zero-order chi connectivity index (χ0) is 21.0. The summed E-state index contributed by atoms with van der Waals surface area (Å²) in [6.45, 7) is 1.93. The number of esters is 2. The lowest BCUT2D eigenvalue weighted by molar-refractivity contribution is 0.0442. The lowest BCUT2D eigenvalue weighted by atomic mass is 10.0. The molecule has 0 saturated carbocycles. The van der Waals surface area contributed by atoms with Crippen LogP contribution in [0.15, 0.2) is 70.5 Å². The molecular weight excluding hydrogens is 422 g/mol. The molecule has 0 saturated heterocycles. The Balaban J connectivity index is 2.00. The first-order valence-corrected chi connectivity index (χ1v) is 11.7. The van der Waals surface area contributed by atoms with Crippen LogP contribution in [0.25, 0.3) is 21.8 Å². The maximum Gasteiger partial charge on any atom is 0.348 e. The molecule has 0 amide bonds. The van der Waals surface area contributed by atoms with Crippen molar-refractivity contribution in [1.29, 1.82) is 0 Å². The molecule has 0 fully saturated rings. The predicted molar refractivity (Wildman–Crippen MR) is 115 cm³/mol.